The lowest BCUT2D eigenvalue weighted by Crippen LogP contribution is -1.97. The first-order valence-corrected chi connectivity index (χ1v) is 15.8. The first-order chi connectivity index (χ1) is 23.8. The Balaban J connectivity index is 1.20. The largest absolute Gasteiger partial charge is 0.255 e. The average molecular weight is 616 g/mol. The summed E-state index contributed by atoms with van der Waals surface area (Å²) >= 11 is 0. The summed E-state index contributed by atoms with van der Waals surface area (Å²) in [6.45, 7) is 0. The van der Waals surface area contributed by atoms with Crippen molar-refractivity contribution in [2.45, 2.75) is 0 Å². The highest BCUT2D eigenvalue weighted by Crippen LogP contribution is 2.32. The fourth-order valence-corrected chi connectivity index (χ4v) is 5.74. The Hall–Kier alpha value is -6.59. The molecule has 0 fully saturated rings. The summed E-state index contributed by atoms with van der Waals surface area (Å²) in [6, 6.07) is 55.3. The van der Waals surface area contributed by atoms with Crippen LogP contribution in [-0.2, 0) is 0 Å². The predicted octanol–water partition coefficient (Wildman–Crippen LogP) is 10.3. The number of rotatable bonds is 7. The van der Waals surface area contributed by atoms with Gasteiger partial charge in [0, 0.05) is 29.1 Å². The molecule has 0 saturated heterocycles. The van der Waals surface area contributed by atoms with Gasteiger partial charge in [0.2, 0.25) is 0 Å². The molecule has 0 bridgehead atoms. The monoisotopic (exact) mass is 615 g/mol. The summed E-state index contributed by atoms with van der Waals surface area (Å²) in [6.07, 6.45) is 3.71. The third-order valence-electron chi connectivity index (χ3n) is 8.21. The van der Waals surface area contributed by atoms with Crippen LogP contribution in [0.25, 0.3) is 78.9 Å². The smallest absolute Gasteiger partial charge is 0.160 e. The molecule has 0 atom stereocenters. The number of pyridine rings is 3. The van der Waals surface area contributed by atoms with Crippen molar-refractivity contribution in [2.75, 3.05) is 0 Å². The van der Waals surface area contributed by atoms with Crippen LogP contribution in [0.3, 0.4) is 0 Å². The summed E-state index contributed by atoms with van der Waals surface area (Å²) in [5.74, 6) is 0.670. The fraction of sp³-hybridized carbons (Fsp3) is 0. The molecule has 4 aromatic heterocycles. The number of hydrogen-bond donors (Lipinski definition) is 0. The minimum absolute atomic E-state index is 0.670. The van der Waals surface area contributed by atoms with Crippen LogP contribution in [-0.4, -0.2) is 24.9 Å². The van der Waals surface area contributed by atoms with E-state index in [1.807, 2.05) is 116 Å². The fourth-order valence-electron chi connectivity index (χ4n) is 5.74. The molecule has 0 spiro atoms. The van der Waals surface area contributed by atoms with E-state index in [9.17, 15) is 0 Å². The van der Waals surface area contributed by atoms with Gasteiger partial charge in [0.1, 0.15) is 0 Å². The Bertz CT molecular complexity index is 2250. The van der Waals surface area contributed by atoms with Crippen LogP contribution in [0, 0.1) is 0 Å². The van der Waals surface area contributed by atoms with E-state index >= 15 is 0 Å². The molecule has 0 saturated carbocycles. The van der Waals surface area contributed by atoms with E-state index < -0.39 is 0 Å². The summed E-state index contributed by atoms with van der Waals surface area (Å²) in [5, 5.41) is 0. The van der Waals surface area contributed by atoms with Gasteiger partial charge in [-0.3, -0.25) is 9.97 Å². The molecule has 48 heavy (non-hydrogen) atoms. The van der Waals surface area contributed by atoms with Crippen LogP contribution in [0.15, 0.2) is 176 Å². The predicted molar refractivity (Wildman–Crippen MR) is 193 cm³/mol. The highest BCUT2D eigenvalue weighted by molar-refractivity contribution is 5.78. The highest BCUT2D eigenvalue weighted by atomic mass is 14.9. The van der Waals surface area contributed by atoms with E-state index in [1.165, 1.54) is 0 Å². The molecule has 0 N–H and O–H groups in total. The van der Waals surface area contributed by atoms with Crippen LogP contribution >= 0.6 is 0 Å². The van der Waals surface area contributed by atoms with E-state index in [-0.39, 0.29) is 0 Å². The molecule has 5 nitrogen and oxygen atoms in total. The molecule has 0 amide bonds. The van der Waals surface area contributed by atoms with Crippen molar-refractivity contribution in [1.82, 2.24) is 24.9 Å². The zero-order valence-electron chi connectivity index (χ0n) is 26.0. The van der Waals surface area contributed by atoms with Gasteiger partial charge in [-0.2, -0.15) is 0 Å². The van der Waals surface area contributed by atoms with E-state index in [1.54, 1.807) is 0 Å². The first kappa shape index (κ1) is 28.9. The maximum Gasteiger partial charge on any atom is 0.160 e. The summed E-state index contributed by atoms with van der Waals surface area (Å²) < 4.78 is 0. The summed E-state index contributed by atoms with van der Waals surface area (Å²) in [5.41, 5.74) is 12.0. The van der Waals surface area contributed by atoms with Gasteiger partial charge in [-0.1, -0.05) is 121 Å². The van der Waals surface area contributed by atoms with Crippen molar-refractivity contribution in [1.29, 1.82) is 0 Å². The van der Waals surface area contributed by atoms with Crippen LogP contribution in [0.4, 0.5) is 0 Å². The van der Waals surface area contributed by atoms with Gasteiger partial charge in [0.05, 0.1) is 34.2 Å². The van der Waals surface area contributed by atoms with Crippen LogP contribution in [0.5, 0.6) is 0 Å². The number of hydrogen-bond acceptors (Lipinski definition) is 5. The maximum atomic E-state index is 5.09. The summed E-state index contributed by atoms with van der Waals surface area (Å²) in [4.78, 5) is 24.6. The van der Waals surface area contributed by atoms with Crippen LogP contribution in [0.2, 0.25) is 0 Å². The number of aromatic nitrogens is 5. The lowest BCUT2D eigenvalue weighted by atomic mass is 10.0. The lowest BCUT2D eigenvalue weighted by Gasteiger charge is -2.11. The van der Waals surface area contributed by atoms with Crippen LogP contribution in [0.1, 0.15) is 0 Å². The van der Waals surface area contributed by atoms with E-state index in [4.69, 9.17) is 24.9 Å². The standard InChI is InChI=1S/C43H29N5/c1-5-13-30(14-6-1)34-23-24-44-40(25-34)42-27-36(31-15-7-2-8-16-31)26-41(46-42)37-22-21-35(29-45-37)39-28-38(32-17-9-3-10-18-32)47-43(48-39)33-19-11-4-12-20-33/h1-29H. The first-order valence-electron chi connectivity index (χ1n) is 15.8. The van der Waals surface area contributed by atoms with Crippen molar-refractivity contribution >= 4 is 0 Å². The molecule has 0 unspecified atom stereocenters. The average Bonchev–Trinajstić information content (AvgIpc) is 3.19. The normalized spacial score (nSPS) is 10.9. The molecule has 8 aromatic rings. The molecule has 0 aliphatic carbocycles. The molecule has 0 aliphatic rings. The Kier molecular flexibility index (Phi) is 7.83. The van der Waals surface area contributed by atoms with Gasteiger partial charge in [-0.15, -0.1) is 0 Å². The van der Waals surface area contributed by atoms with Crippen molar-refractivity contribution in [3.8, 4) is 78.9 Å². The van der Waals surface area contributed by atoms with Gasteiger partial charge < -0.3 is 0 Å². The second kappa shape index (κ2) is 13.0. The SMILES string of the molecule is c1ccc(-c2ccnc(-c3cc(-c4ccccc4)cc(-c4ccc(-c5cc(-c6ccccc6)nc(-c6ccccc6)n5)cn4)n3)c2)cc1. The maximum absolute atomic E-state index is 5.09. The number of nitrogens with zero attached hydrogens (tertiary/aromatic N) is 5. The minimum atomic E-state index is 0.670. The van der Waals surface area contributed by atoms with Gasteiger partial charge in [-0.25, -0.2) is 15.0 Å². The van der Waals surface area contributed by atoms with Crippen LogP contribution < -0.4 is 0 Å². The minimum Gasteiger partial charge on any atom is -0.255 e. The quantitative estimate of drug-likeness (QED) is 0.178. The van der Waals surface area contributed by atoms with Gasteiger partial charge >= 0.3 is 0 Å². The highest BCUT2D eigenvalue weighted by Gasteiger charge is 2.14. The zero-order valence-corrected chi connectivity index (χ0v) is 26.0. The number of benzene rings is 4. The lowest BCUT2D eigenvalue weighted by molar-refractivity contribution is 1.17. The Morgan fingerprint density at radius 1 is 0.271 bits per heavy atom. The van der Waals surface area contributed by atoms with Gasteiger partial charge in [0.25, 0.3) is 0 Å². The van der Waals surface area contributed by atoms with Crippen molar-refractivity contribution < 1.29 is 0 Å². The van der Waals surface area contributed by atoms with Crippen molar-refractivity contribution in [3.05, 3.63) is 176 Å². The van der Waals surface area contributed by atoms with E-state index in [2.05, 4.69) is 60.7 Å². The third kappa shape index (κ3) is 6.13. The molecular weight excluding hydrogens is 587 g/mol. The second-order valence-electron chi connectivity index (χ2n) is 11.4. The molecule has 5 heteroatoms. The molecule has 0 radical (unpaired) electrons. The Labute approximate surface area is 279 Å². The molecule has 8 rings (SSSR count). The Morgan fingerprint density at radius 2 is 0.792 bits per heavy atom. The second-order valence-corrected chi connectivity index (χ2v) is 11.4. The van der Waals surface area contributed by atoms with Crippen molar-refractivity contribution in [2.24, 2.45) is 0 Å². The molecule has 0 aliphatic heterocycles. The summed E-state index contributed by atoms with van der Waals surface area (Å²) in [7, 11) is 0. The molecule has 4 heterocycles. The Morgan fingerprint density at radius 3 is 1.40 bits per heavy atom. The topological polar surface area (TPSA) is 64.5 Å². The molecule has 226 valence electrons. The van der Waals surface area contributed by atoms with E-state index in [0.717, 1.165) is 73.1 Å². The van der Waals surface area contributed by atoms with Crippen molar-refractivity contribution in [3.63, 3.8) is 0 Å². The third-order valence-corrected chi connectivity index (χ3v) is 8.21. The zero-order chi connectivity index (χ0) is 32.1. The van der Waals surface area contributed by atoms with E-state index in [0.29, 0.717) is 5.82 Å². The molecular formula is C43H29N5. The van der Waals surface area contributed by atoms with Gasteiger partial charge in [-0.05, 0) is 64.7 Å². The van der Waals surface area contributed by atoms with Gasteiger partial charge in [0.15, 0.2) is 5.82 Å². The molecule has 4 aromatic carbocycles.